The fourth-order valence-corrected chi connectivity index (χ4v) is 2.48. The van der Waals surface area contributed by atoms with Gasteiger partial charge in [-0.25, -0.2) is 9.97 Å². The van der Waals surface area contributed by atoms with Gasteiger partial charge in [-0.15, -0.1) is 0 Å². The predicted molar refractivity (Wildman–Crippen MR) is 92.8 cm³/mol. The summed E-state index contributed by atoms with van der Waals surface area (Å²) in [4.78, 5) is 9.46. The van der Waals surface area contributed by atoms with Crippen molar-refractivity contribution < 1.29 is 0 Å². The summed E-state index contributed by atoms with van der Waals surface area (Å²) in [6, 6.07) is 6.24. The minimum absolute atomic E-state index is 0.798. The summed E-state index contributed by atoms with van der Waals surface area (Å²) in [5.74, 6) is 1.76. The lowest BCUT2D eigenvalue weighted by atomic mass is 10.1. The third-order valence-electron chi connectivity index (χ3n) is 3.54. The van der Waals surface area contributed by atoms with Crippen LogP contribution >= 0.6 is 15.9 Å². The van der Waals surface area contributed by atoms with Crippen LogP contribution in [-0.4, -0.2) is 16.5 Å². The van der Waals surface area contributed by atoms with Crippen LogP contribution < -0.4 is 5.32 Å². The molecule has 0 unspecified atom stereocenters. The summed E-state index contributed by atoms with van der Waals surface area (Å²) in [5, 5.41) is 3.41. The van der Waals surface area contributed by atoms with E-state index in [0.717, 1.165) is 52.3 Å². The van der Waals surface area contributed by atoms with Gasteiger partial charge in [-0.3, -0.25) is 0 Å². The maximum atomic E-state index is 4.73. The molecule has 0 bridgehead atoms. The Bertz CT molecular complexity index is 638. The highest BCUT2D eigenvalue weighted by Gasteiger charge is 2.11. The van der Waals surface area contributed by atoms with E-state index in [4.69, 9.17) is 9.97 Å². The van der Waals surface area contributed by atoms with Crippen molar-refractivity contribution in [3.63, 3.8) is 0 Å². The molecule has 1 aromatic heterocycles. The molecule has 0 saturated carbocycles. The van der Waals surface area contributed by atoms with E-state index < -0.39 is 0 Å². The molecule has 2 rings (SSSR count). The lowest BCUT2D eigenvalue weighted by Gasteiger charge is -2.13. The van der Waals surface area contributed by atoms with Crippen LogP contribution in [0.3, 0.4) is 0 Å². The number of benzene rings is 1. The van der Waals surface area contributed by atoms with Gasteiger partial charge in [0.25, 0.3) is 0 Å². The molecule has 4 heteroatoms. The van der Waals surface area contributed by atoms with E-state index >= 15 is 0 Å². The summed E-state index contributed by atoms with van der Waals surface area (Å²) in [7, 11) is 0. The standard InChI is InChI=1S/C17H22BrN3/c1-5-9-19-16-12(4)15(6-2)20-17(21-16)13-7-8-14(18)11(3)10-13/h7-8,10H,5-6,9H2,1-4H3,(H,19,20,21). The van der Waals surface area contributed by atoms with Gasteiger partial charge in [0.15, 0.2) is 5.82 Å². The van der Waals surface area contributed by atoms with Crippen LogP contribution in [0.25, 0.3) is 11.4 Å². The smallest absolute Gasteiger partial charge is 0.161 e. The number of anilines is 1. The summed E-state index contributed by atoms with van der Waals surface area (Å²) in [6.45, 7) is 9.39. The molecule has 3 nitrogen and oxygen atoms in total. The molecule has 2 aromatic rings. The summed E-state index contributed by atoms with van der Waals surface area (Å²) in [5.41, 5.74) is 4.52. The van der Waals surface area contributed by atoms with Gasteiger partial charge in [-0.2, -0.15) is 0 Å². The van der Waals surface area contributed by atoms with E-state index in [9.17, 15) is 0 Å². The molecule has 0 atom stereocenters. The molecule has 1 aromatic carbocycles. The van der Waals surface area contributed by atoms with Crippen molar-refractivity contribution in [1.29, 1.82) is 0 Å². The third kappa shape index (κ3) is 3.62. The Kier molecular flexibility index (Phi) is 5.34. The van der Waals surface area contributed by atoms with E-state index in [1.165, 1.54) is 5.56 Å². The molecule has 1 N–H and O–H groups in total. The van der Waals surface area contributed by atoms with E-state index in [-0.39, 0.29) is 0 Å². The average molecular weight is 348 g/mol. The Hall–Kier alpha value is -1.42. The number of rotatable bonds is 5. The molecule has 0 amide bonds. The SMILES string of the molecule is CCCNc1nc(-c2ccc(Br)c(C)c2)nc(CC)c1C. The monoisotopic (exact) mass is 347 g/mol. The number of hydrogen-bond acceptors (Lipinski definition) is 3. The van der Waals surface area contributed by atoms with Gasteiger partial charge >= 0.3 is 0 Å². The summed E-state index contributed by atoms with van der Waals surface area (Å²) >= 11 is 3.54. The van der Waals surface area contributed by atoms with Crippen LogP contribution in [-0.2, 0) is 6.42 Å². The summed E-state index contributed by atoms with van der Waals surface area (Å²) < 4.78 is 1.11. The van der Waals surface area contributed by atoms with Crippen molar-refractivity contribution in [3.8, 4) is 11.4 Å². The fraction of sp³-hybridized carbons (Fsp3) is 0.412. The Morgan fingerprint density at radius 3 is 2.52 bits per heavy atom. The Labute approximate surface area is 135 Å². The molecule has 0 aliphatic heterocycles. The molecule has 1 heterocycles. The lowest BCUT2D eigenvalue weighted by molar-refractivity contribution is 0.936. The van der Waals surface area contributed by atoms with E-state index in [2.05, 4.69) is 67.1 Å². The summed E-state index contributed by atoms with van der Waals surface area (Å²) in [6.07, 6.45) is 2.00. The van der Waals surface area contributed by atoms with Gasteiger partial charge in [0, 0.05) is 27.8 Å². The third-order valence-corrected chi connectivity index (χ3v) is 4.43. The van der Waals surface area contributed by atoms with Crippen LogP contribution in [0.1, 0.15) is 37.1 Å². The zero-order valence-electron chi connectivity index (χ0n) is 13.1. The number of nitrogens with one attached hydrogen (secondary N) is 1. The first-order valence-corrected chi connectivity index (χ1v) is 8.24. The quantitative estimate of drug-likeness (QED) is 0.834. The molecule has 0 aliphatic carbocycles. The second kappa shape index (κ2) is 7.03. The minimum atomic E-state index is 0.798. The van der Waals surface area contributed by atoms with Crippen molar-refractivity contribution in [2.24, 2.45) is 0 Å². The Balaban J connectivity index is 2.49. The van der Waals surface area contributed by atoms with Crippen LogP contribution in [0.4, 0.5) is 5.82 Å². The predicted octanol–water partition coefficient (Wildman–Crippen LogP) is 4.91. The highest BCUT2D eigenvalue weighted by molar-refractivity contribution is 9.10. The normalized spacial score (nSPS) is 10.7. The molecular weight excluding hydrogens is 326 g/mol. The number of nitrogens with zero attached hydrogens (tertiary/aromatic N) is 2. The highest BCUT2D eigenvalue weighted by atomic mass is 79.9. The molecule has 21 heavy (non-hydrogen) atoms. The molecule has 0 saturated heterocycles. The Morgan fingerprint density at radius 1 is 1.14 bits per heavy atom. The number of halogens is 1. The van der Waals surface area contributed by atoms with Gasteiger partial charge in [-0.1, -0.05) is 35.8 Å². The van der Waals surface area contributed by atoms with Crippen molar-refractivity contribution >= 4 is 21.7 Å². The molecule has 0 radical (unpaired) electrons. The van der Waals surface area contributed by atoms with Gasteiger partial charge in [0.05, 0.1) is 0 Å². The zero-order valence-corrected chi connectivity index (χ0v) is 14.7. The van der Waals surface area contributed by atoms with Crippen molar-refractivity contribution in [2.45, 2.75) is 40.5 Å². The highest BCUT2D eigenvalue weighted by Crippen LogP contribution is 2.26. The average Bonchev–Trinajstić information content (AvgIpc) is 2.49. The second-order valence-electron chi connectivity index (χ2n) is 5.21. The van der Waals surface area contributed by atoms with Crippen LogP contribution in [0.2, 0.25) is 0 Å². The van der Waals surface area contributed by atoms with Crippen molar-refractivity contribution in [1.82, 2.24) is 9.97 Å². The minimum Gasteiger partial charge on any atom is -0.370 e. The van der Waals surface area contributed by atoms with Crippen molar-refractivity contribution in [3.05, 3.63) is 39.5 Å². The topological polar surface area (TPSA) is 37.8 Å². The maximum Gasteiger partial charge on any atom is 0.161 e. The first kappa shape index (κ1) is 16.0. The fourth-order valence-electron chi connectivity index (χ4n) is 2.24. The van der Waals surface area contributed by atoms with Crippen LogP contribution in [0, 0.1) is 13.8 Å². The zero-order chi connectivity index (χ0) is 15.4. The van der Waals surface area contributed by atoms with Gasteiger partial charge in [0.2, 0.25) is 0 Å². The van der Waals surface area contributed by atoms with Gasteiger partial charge in [-0.05, 0) is 44.4 Å². The maximum absolute atomic E-state index is 4.73. The second-order valence-corrected chi connectivity index (χ2v) is 6.07. The largest absolute Gasteiger partial charge is 0.370 e. The van der Waals surface area contributed by atoms with E-state index in [1.54, 1.807) is 0 Å². The Morgan fingerprint density at radius 2 is 1.90 bits per heavy atom. The number of aromatic nitrogens is 2. The number of hydrogen-bond donors (Lipinski definition) is 1. The van der Waals surface area contributed by atoms with Crippen LogP contribution in [0.15, 0.2) is 22.7 Å². The first-order chi connectivity index (χ1) is 10.1. The van der Waals surface area contributed by atoms with E-state index in [0.29, 0.717) is 0 Å². The van der Waals surface area contributed by atoms with Crippen molar-refractivity contribution in [2.75, 3.05) is 11.9 Å². The van der Waals surface area contributed by atoms with Crippen LogP contribution in [0.5, 0.6) is 0 Å². The molecule has 112 valence electrons. The van der Waals surface area contributed by atoms with E-state index in [1.807, 2.05) is 0 Å². The number of aryl methyl sites for hydroxylation is 2. The molecule has 0 fully saturated rings. The van der Waals surface area contributed by atoms with Gasteiger partial charge in [0.1, 0.15) is 5.82 Å². The first-order valence-electron chi connectivity index (χ1n) is 7.44. The lowest BCUT2D eigenvalue weighted by Crippen LogP contribution is -2.08. The molecule has 0 spiro atoms. The molecular formula is C17H22BrN3. The molecule has 0 aliphatic rings. The van der Waals surface area contributed by atoms with Gasteiger partial charge < -0.3 is 5.32 Å².